The molecule has 1 unspecified atom stereocenters. The number of aromatic nitrogens is 2. The summed E-state index contributed by atoms with van der Waals surface area (Å²) in [5, 5.41) is 10.3. The zero-order valence-electron chi connectivity index (χ0n) is 9.47. The van der Waals surface area contributed by atoms with E-state index in [-0.39, 0.29) is 0 Å². The summed E-state index contributed by atoms with van der Waals surface area (Å²) in [4.78, 5) is 7.53. The number of benzene rings is 2. The molecular formula is C14H11BrN2O. The number of nitrogens with zero attached hydrogens (tertiary/aromatic N) is 1. The first kappa shape index (κ1) is 11.4. The number of H-pyrrole nitrogens is 1. The Hall–Kier alpha value is -1.65. The van der Waals surface area contributed by atoms with Gasteiger partial charge in [-0.25, -0.2) is 4.98 Å². The van der Waals surface area contributed by atoms with E-state index in [1.54, 1.807) is 0 Å². The molecule has 0 aliphatic rings. The molecule has 0 fully saturated rings. The van der Waals surface area contributed by atoms with Gasteiger partial charge in [-0.3, -0.25) is 0 Å². The Bertz CT molecular complexity index is 643. The number of hydrogen-bond acceptors (Lipinski definition) is 2. The first-order valence-corrected chi connectivity index (χ1v) is 6.41. The second kappa shape index (κ2) is 4.55. The van der Waals surface area contributed by atoms with Gasteiger partial charge in [0.25, 0.3) is 0 Å². The van der Waals surface area contributed by atoms with E-state index in [1.165, 1.54) is 0 Å². The molecule has 0 saturated heterocycles. The minimum Gasteiger partial charge on any atom is -0.380 e. The lowest BCUT2D eigenvalue weighted by Gasteiger charge is -2.07. The van der Waals surface area contributed by atoms with Crippen LogP contribution in [0.25, 0.3) is 11.0 Å². The maximum absolute atomic E-state index is 10.3. The van der Waals surface area contributed by atoms with Crippen molar-refractivity contribution in [1.29, 1.82) is 0 Å². The van der Waals surface area contributed by atoms with Crippen molar-refractivity contribution in [2.45, 2.75) is 6.10 Å². The zero-order valence-corrected chi connectivity index (χ0v) is 11.1. The minimum absolute atomic E-state index is 0.568. The van der Waals surface area contributed by atoms with E-state index in [9.17, 15) is 5.11 Å². The fourth-order valence-corrected chi connectivity index (χ4v) is 2.17. The lowest BCUT2D eigenvalue weighted by Crippen LogP contribution is -2.01. The monoisotopic (exact) mass is 302 g/mol. The van der Waals surface area contributed by atoms with Gasteiger partial charge in [0.2, 0.25) is 0 Å². The smallest absolute Gasteiger partial charge is 0.140 e. The molecule has 2 N–H and O–H groups in total. The number of hydrogen-bond donors (Lipinski definition) is 2. The van der Waals surface area contributed by atoms with Crippen molar-refractivity contribution in [1.82, 2.24) is 9.97 Å². The number of rotatable bonds is 2. The summed E-state index contributed by atoms with van der Waals surface area (Å²) in [5.74, 6) is 0.568. The van der Waals surface area contributed by atoms with Gasteiger partial charge in [0.15, 0.2) is 0 Å². The second-order valence-corrected chi connectivity index (χ2v) is 5.01. The van der Waals surface area contributed by atoms with Crippen molar-refractivity contribution < 1.29 is 5.11 Å². The van der Waals surface area contributed by atoms with Crippen molar-refractivity contribution >= 4 is 27.0 Å². The van der Waals surface area contributed by atoms with Gasteiger partial charge in [0, 0.05) is 4.47 Å². The Morgan fingerprint density at radius 3 is 2.50 bits per heavy atom. The number of aliphatic hydroxyl groups is 1. The molecule has 1 atom stereocenters. The molecule has 3 nitrogen and oxygen atoms in total. The standard InChI is InChI=1S/C14H11BrN2O/c15-10-7-5-9(6-8-10)13(18)14-16-11-3-1-2-4-12(11)17-14/h1-8,13,18H,(H,16,17). The minimum atomic E-state index is -0.731. The van der Waals surface area contributed by atoms with Crippen LogP contribution in [-0.2, 0) is 0 Å². The normalized spacial score (nSPS) is 12.8. The van der Waals surface area contributed by atoms with Crippen LogP contribution in [0.2, 0.25) is 0 Å². The number of imidazole rings is 1. The van der Waals surface area contributed by atoms with Gasteiger partial charge < -0.3 is 10.1 Å². The van der Waals surface area contributed by atoms with Crippen LogP contribution in [0.3, 0.4) is 0 Å². The molecule has 1 aromatic heterocycles. The Morgan fingerprint density at radius 1 is 1.06 bits per heavy atom. The van der Waals surface area contributed by atoms with E-state index >= 15 is 0 Å². The molecule has 1 heterocycles. The number of aliphatic hydroxyl groups excluding tert-OH is 1. The predicted molar refractivity (Wildman–Crippen MR) is 74.3 cm³/mol. The average Bonchev–Trinajstić information content (AvgIpc) is 2.82. The van der Waals surface area contributed by atoms with Crippen LogP contribution in [0.15, 0.2) is 53.0 Å². The highest BCUT2D eigenvalue weighted by Gasteiger charge is 2.14. The first-order chi connectivity index (χ1) is 8.74. The van der Waals surface area contributed by atoms with Crippen LogP contribution in [0.5, 0.6) is 0 Å². The van der Waals surface area contributed by atoms with Crippen LogP contribution in [0.1, 0.15) is 17.5 Å². The van der Waals surface area contributed by atoms with Crippen LogP contribution in [0.4, 0.5) is 0 Å². The number of para-hydroxylation sites is 2. The molecule has 0 spiro atoms. The summed E-state index contributed by atoms with van der Waals surface area (Å²) in [6.45, 7) is 0. The second-order valence-electron chi connectivity index (χ2n) is 4.09. The van der Waals surface area contributed by atoms with Crippen LogP contribution >= 0.6 is 15.9 Å². The van der Waals surface area contributed by atoms with Crippen LogP contribution in [-0.4, -0.2) is 15.1 Å². The molecule has 0 amide bonds. The molecule has 3 rings (SSSR count). The van der Waals surface area contributed by atoms with Gasteiger partial charge in [-0.2, -0.15) is 0 Å². The highest BCUT2D eigenvalue weighted by atomic mass is 79.9. The first-order valence-electron chi connectivity index (χ1n) is 5.62. The molecule has 18 heavy (non-hydrogen) atoms. The summed E-state index contributed by atoms with van der Waals surface area (Å²) in [7, 11) is 0. The van der Waals surface area contributed by atoms with E-state index in [1.807, 2.05) is 48.5 Å². The molecule has 0 bridgehead atoms. The Morgan fingerprint density at radius 2 is 1.78 bits per heavy atom. The fraction of sp³-hybridized carbons (Fsp3) is 0.0714. The molecule has 0 radical (unpaired) electrons. The number of nitrogens with one attached hydrogen (secondary N) is 1. The van der Waals surface area contributed by atoms with Crippen LogP contribution < -0.4 is 0 Å². The third kappa shape index (κ3) is 2.05. The maximum Gasteiger partial charge on any atom is 0.140 e. The highest BCUT2D eigenvalue weighted by molar-refractivity contribution is 9.10. The van der Waals surface area contributed by atoms with Gasteiger partial charge >= 0.3 is 0 Å². The summed E-state index contributed by atoms with van der Waals surface area (Å²) >= 11 is 3.37. The van der Waals surface area contributed by atoms with Crippen molar-refractivity contribution in [2.75, 3.05) is 0 Å². The molecule has 3 aromatic rings. The van der Waals surface area contributed by atoms with E-state index < -0.39 is 6.10 Å². The van der Waals surface area contributed by atoms with Gasteiger partial charge in [0.1, 0.15) is 11.9 Å². The van der Waals surface area contributed by atoms with E-state index in [2.05, 4.69) is 25.9 Å². The summed E-state index contributed by atoms with van der Waals surface area (Å²) < 4.78 is 0.989. The largest absolute Gasteiger partial charge is 0.380 e. The summed E-state index contributed by atoms with van der Waals surface area (Å²) in [5.41, 5.74) is 2.62. The van der Waals surface area contributed by atoms with Crippen molar-refractivity contribution in [3.8, 4) is 0 Å². The number of halogens is 1. The third-order valence-corrected chi connectivity index (χ3v) is 3.38. The third-order valence-electron chi connectivity index (χ3n) is 2.85. The van der Waals surface area contributed by atoms with Gasteiger partial charge in [-0.1, -0.05) is 40.2 Å². The fourth-order valence-electron chi connectivity index (χ4n) is 1.90. The van der Waals surface area contributed by atoms with Crippen molar-refractivity contribution in [3.05, 3.63) is 64.4 Å². The SMILES string of the molecule is OC(c1ccc(Br)cc1)c1nc2ccccc2[nH]1. The predicted octanol–water partition coefficient (Wildman–Crippen LogP) is 3.41. The Balaban J connectivity index is 2.00. The molecule has 0 aliphatic carbocycles. The van der Waals surface area contributed by atoms with Gasteiger partial charge in [-0.05, 0) is 29.8 Å². The quantitative estimate of drug-likeness (QED) is 0.762. The number of aromatic amines is 1. The van der Waals surface area contributed by atoms with Crippen LogP contribution in [0, 0.1) is 0 Å². The number of fused-ring (bicyclic) bond motifs is 1. The van der Waals surface area contributed by atoms with E-state index in [0.717, 1.165) is 21.1 Å². The molecular weight excluding hydrogens is 292 g/mol. The highest BCUT2D eigenvalue weighted by Crippen LogP contribution is 2.23. The lowest BCUT2D eigenvalue weighted by atomic mass is 10.1. The van der Waals surface area contributed by atoms with Gasteiger partial charge in [-0.15, -0.1) is 0 Å². The average molecular weight is 303 g/mol. The summed E-state index contributed by atoms with van der Waals surface area (Å²) in [6, 6.07) is 15.3. The van der Waals surface area contributed by atoms with Crippen molar-refractivity contribution in [2.24, 2.45) is 0 Å². The molecule has 4 heteroatoms. The topological polar surface area (TPSA) is 48.9 Å². The molecule has 2 aromatic carbocycles. The van der Waals surface area contributed by atoms with E-state index in [0.29, 0.717) is 5.82 Å². The summed E-state index contributed by atoms with van der Waals surface area (Å²) in [6.07, 6.45) is -0.731. The van der Waals surface area contributed by atoms with Gasteiger partial charge in [0.05, 0.1) is 11.0 Å². The lowest BCUT2D eigenvalue weighted by molar-refractivity contribution is 0.211. The van der Waals surface area contributed by atoms with Crippen molar-refractivity contribution in [3.63, 3.8) is 0 Å². The molecule has 0 aliphatic heterocycles. The Kier molecular flexibility index (Phi) is 2.89. The van der Waals surface area contributed by atoms with E-state index in [4.69, 9.17) is 0 Å². The molecule has 90 valence electrons. The zero-order chi connectivity index (χ0) is 12.5. The maximum atomic E-state index is 10.3. The molecule has 0 saturated carbocycles. The Labute approximate surface area is 113 Å².